The van der Waals surface area contributed by atoms with Gasteiger partial charge in [0.05, 0.1) is 5.69 Å². The Bertz CT molecular complexity index is 1220. The zero-order valence-corrected chi connectivity index (χ0v) is 18.3. The average Bonchev–Trinajstić information content (AvgIpc) is 3.22. The van der Waals surface area contributed by atoms with Crippen molar-refractivity contribution in [1.29, 1.82) is 0 Å². The summed E-state index contributed by atoms with van der Waals surface area (Å²) in [5, 5.41) is 3.37. The maximum atomic E-state index is 13.3. The number of nitrogens with zero attached hydrogens (tertiary/aromatic N) is 4. The minimum Gasteiger partial charge on any atom is -0.267 e. The molecule has 8 heteroatoms. The van der Waals surface area contributed by atoms with Crippen LogP contribution in [0, 0.1) is 6.92 Å². The molecule has 0 aliphatic carbocycles. The topological polar surface area (TPSA) is 84.6 Å². The van der Waals surface area contributed by atoms with E-state index in [2.05, 4.69) is 10.1 Å². The van der Waals surface area contributed by atoms with Crippen molar-refractivity contribution in [3.63, 3.8) is 0 Å². The minimum absolute atomic E-state index is 0.0139. The Kier molecular flexibility index (Phi) is 5.73. The number of aromatic nitrogens is 2. The summed E-state index contributed by atoms with van der Waals surface area (Å²) in [7, 11) is -3.91. The molecule has 1 aromatic heterocycles. The maximum absolute atomic E-state index is 13.3. The first-order valence-corrected chi connectivity index (χ1v) is 11.7. The summed E-state index contributed by atoms with van der Waals surface area (Å²) in [5.41, 5.74) is 2.20. The molecule has 1 atom stereocenters. The van der Waals surface area contributed by atoms with E-state index in [9.17, 15) is 13.2 Å². The fourth-order valence-corrected chi connectivity index (χ4v) is 5.58. The van der Waals surface area contributed by atoms with E-state index in [1.54, 1.807) is 35.0 Å². The van der Waals surface area contributed by atoms with Gasteiger partial charge in [-0.3, -0.25) is 4.79 Å². The number of hydrogen-bond donors (Lipinski definition) is 0. The van der Waals surface area contributed by atoms with Crippen molar-refractivity contribution in [3.05, 3.63) is 78.0 Å². The van der Waals surface area contributed by atoms with Gasteiger partial charge in [0, 0.05) is 18.3 Å². The Balaban J connectivity index is 1.81. The lowest BCUT2D eigenvalue weighted by Crippen LogP contribution is -2.31. The molecule has 4 rings (SSSR count). The molecule has 1 aliphatic rings. The van der Waals surface area contributed by atoms with Crippen molar-refractivity contribution in [2.24, 2.45) is 4.99 Å². The van der Waals surface area contributed by atoms with Gasteiger partial charge in [-0.2, -0.15) is 0 Å². The van der Waals surface area contributed by atoms with Gasteiger partial charge in [-0.05, 0) is 31.0 Å². The number of aliphatic imine (C=N–C) groups is 1. The average molecular weight is 437 g/mol. The van der Waals surface area contributed by atoms with Gasteiger partial charge in [-0.15, -0.1) is 5.10 Å². The molecule has 0 bridgehead atoms. The van der Waals surface area contributed by atoms with E-state index in [1.807, 2.05) is 50.2 Å². The molecule has 1 saturated heterocycles. The predicted octanol–water partition coefficient (Wildman–Crippen LogP) is 3.97. The predicted molar refractivity (Wildman–Crippen MR) is 120 cm³/mol. The molecule has 0 spiro atoms. The van der Waals surface area contributed by atoms with E-state index in [-0.39, 0.29) is 12.3 Å². The Morgan fingerprint density at radius 2 is 1.68 bits per heavy atom. The number of amides is 1. The number of benzene rings is 2. The van der Waals surface area contributed by atoms with Gasteiger partial charge in [-0.1, -0.05) is 61.9 Å². The highest BCUT2D eigenvalue weighted by molar-refractivity contribution is 7.91. The Morgan fingerprint density at radius 3 is 2.32 bits per heavy atom. The zero-order chi connectivity index (χ0) is 22.0. The van der Waals surface area contributed by atoms with Crippen LogP contribution in [0.2, 0.25) is 0 Å². The SMILES string of the molecule is CCCCN1C(=O)C(=Nc2cc(C)n(-c3ccccc3)n2)C(c2ccccc2)S1(=O)=O. The molecular weight excluding hydrogens is 412 g/mol. The third-order valence-electron chi connectivity index (χ3n) is 5.23. The van der Waals surface area contributed by atoms with Crippen molar-refractivity contribution in [1.82, 2.24) is 14.1 Å². The summed E-state index contributed by atoms with van der Waals surface area (Å²) in [6.45, 7) is 3.99. The number of rotatable bonds is 6. The van der Waals surface area contributed by atoms with E-state index in [1.165, 1.54) is 0 Å². The summed E-state index contributed by atoms with van der Waals surface area (Å²) >= 11 is 0. The smallest absolute Gasteiger partial charge is 0.267 e. The first-order chi connectivity index (χ1) is 14.9. The molecule has 2 aromatic carbocycles. The second kappa shape index (κ2) is 8.47. The number of aryl methyl sites for hydroxylation is 1. The standard InChI is InChI=1S/C23H24N4O3S/c1-3-4-15-26-23(28)21(22(31(26,29)30)18-11-7-5-8-12-18)24-20-16-17(2)27(25-20)19-13-9-6-10-14-19/h5-14,16,22H,3-4,15H2,1-2H3. The molecule has 0 saturated carbocycles. The van der Waals surface area contributed by atoms with Gasteiger partial charge >= 0.3 is 0 Å². The van der Waals surface area contributed by atoms with Crippen molar-refractivity contribution in [3.8, 4) is 5.69 Å². The Morgan fingerprint density at radius 1 is 1.03 bits per heavy atom. The van der Waals surface area contributed by atoms with E-state index >= 15 is 0 Å². The van der Waals surface area contributed by atoms with Crippen LogP contribution in [0.3, 0.4) is 0 Å². The number of carbonyl (C=O) groups is 1. The van der Waals surface area contributed by atoms with Gasteiger partial charge < -0.3 is 0 Å². The highest BCUT2D eigenvalue weighted by atomic mass is 32.2. The van der Waals surface area contributed by atoms with Gasteiger partial charge in [0.15, 0.2) is 11.1 Å². The molecule has 3 aromatic rings. The van der Waals surface area contributed by atoms with Crippen molar-refractivity contribution in [2.75, 3.05) is 6.54 Å². The van der Waals surface area contributed by atoms with Crippen LogP contribution in [-0.2, 0) is 14.8 Å². The summed E-state index contributed by atoms with van der Waals surface area (Å²) in [6.07, 6.45) is 1.38. The number of hydrogen-bond acceptors (Lipinski definition) is 5. The molecule has 7 nitrogen and oxygen atoms in total. The second-order valence-corrected chi connectivity index (χ2v) is 9.40. The molecule has 0 radical (unpaired) electrons. The highest BCUT2D eigenvalue weighted by Crippen LogP contribution is 2.36. The van der Waals surface area contributed by atoms with Gasteiger partial charge in [0.1, 0.15) is 5.71 Å². The molecule has 2 heterocycles. The molecule has 1 unspecified atom stereocenters. The van der Waals surface area contributed by atoms with Crippen molar-refractivity contribution >= 4 is 27.5 Å². The fraction of sp³-hybridized carbons (Fsp3) is 0.261. The lowest BCUT2D eigenvalue weighted by molar-refractivity contribution is -0.119. The minimum atomic E-state index is -3.91. The summed E-state index contributed by atoms with van der Waals surface area (Å²) in [6, 6.07) is 20.1. The van der Waals surface area contributed by atoms with Crippen LogP contribution in [0.15, 0.2) is 71.7 Å². The van der Waals surface area contributed by atoms with Crippen LogP contribution in [0.25, 0.3) is 5.69 Å². The van der Waals surface area contributed by atoms with Gasteiger partial charge in [0.2, 0.25) is 0 Å². The van der Waals surface area contributed by atoms with E-state index in [0.29, 0.717) is 17.8 Å². The molecule has 160 valence electrons. The van der Waals surface area contributed by atoms with Gasteiger partial charge in [-0.25, -0.2) is 22.4 Å². The van der Waals surface area contributed by atoms with Crippen molar-refractivity contribution < 1.29 is 13.2 Å². The molecule has 1 fully saturated rings. The first-order valence-electron chi connectivity index (χ1n) is 10.2. The first kappa shape index (κ1) is 21.0. The lowest BCUT2D eigenvalue weighted by atomic mass is 10.1. The van der Waals surface area contributed by atoms with E-state index in [0.717, 1.165) is 22.1 Å². The summed E-state index contributed by atoms with van der Waals surface area (Å²) < 4.78 is 29.3. The summed E-state index contributed by atoms with van der Waals surface area (Å²) in [4.78, 5) is 17.6. The van der Waals surface area contributed by atoms with Crippen LogP contribution in [0.4, 0.5) is 5.82 Å². The number of unbranched alkanes of at least 4 members (excludes halogenated alkanes) is 1. The Labute approximate surface area is 182 Å². The molecule has 1 aliphatic heterocycles. The number of para-hydroxylation sites is 1. The molecule has 1 amide bonds. The lowest BCUT2D eigenvalue weighted by Gasteiger charge is -2.15. The van der Waals surface area contributed by atoms with Crippen LogP contribution >= 0.6 is 0 Å². The highest BCUT2D eigenvalue weighted by Gasteiger charge is 2.50. The molecule has 0 N–H and O–H groups in total. The monoisotopic (exact) mass is 436 g/mol. The van der Waals surface area contributed by atoms with Crippen molar-refractivity contribution in [2.45, 2.75) is 31.9 Å². The van der Waals surface area contributed by atoms with Gasteiger partial charge in [0.25, 0.3) is 15.9 Å². The number of sulfonamides is 1. The largest absolute Gasteiger partial charge is 0.283 e. The third kappa shape index (κ3) is 3.90. The van der Waals surface area contributed by atoms with E-state index in [4.69, 9.17) is 0 Å². The zero-order valence-electron chi connectivity index (χ0n) is 17.5. The normalized spacial score (nSPS) is 19.3. The molecular formula is C23H24N4O3S. The fourth-order valence-electron chi connectivity index (χ4n) is 3.69. The van der Waals surface area contributed by atoms with Crippen LogP contribution in [0.5, 0.6) is 0 Å². The molecule has 31 heavy (non-hydrogen) atoms. The second-order valence-electron chi connectivity index (χ2n) is 7.45. The Hall–Kier alpha value is -3.26. The quantitative estimate of drug-likeness (QED) is 0.585. The third-order valence-corrected chi connectivity index (χ3v) is 7.28. The van der Waals surface area contributed by atoms with Crippen LogP contribution in [-0.4, -0.2) is 40.7 Å². The maximum Gasteiger partial charge on any atom is 0.283 e. The number of carbonyl (C=O) groups excluding carboxylic acids is 1. The van der Waals surface area contributed by atoms with Crippen LogP contribution in [0.1, 0.15) is 36.3 Å². The van der Waals surface area contributed by atoms with E-state index < -0.39 is 21.2 Å². The summed E-state index contributed by atoms with van der Waals surface area (Å²) in [5.74, 6) is -0.271. The van der Waals surface area contributed by atoms with Crippen LogP contribution < -0.4 is 0 Å².